The zero-order valence-corrected chi connectivity index (χ0v) is 10.9. The van der Waals surface area contributed by atoms with Crippen molar-refractivity contribution in [1.82, 2.24) is 9.55 Å². The molecule has 1 saturated heterocycles. The van der Waals surface area contributed by atoms with Crippen LogP contribution >= 0.6 is 11.8 Å². The number of carbonyl (C=O) groups excluding carboxylic acids is 1. The zero-order valence-electron chi connectivity index (χ0n) is 10.1. The average Bonchev–Trinajstić information content (AvgIpc) is 2.95. The number of methoxy groups -OCH3 is 1. The second-order valence-electron chi connectivity index (χ2n) is 3.99. The van der Waals surface area contributed by atoms with Gasteiger partial charge in [-0.25, -0.2) is 9.78 Å². The summed E-state index contributed by atoms with van der Waals surface area (Å²) < 4.78 is 6.70. The number of nitrogens with two attached hydrogens (primary N) is 1. The van der Waals surface area contributed by atoms with Crippen molar-refractivity contribution in [3.8, 4) is 0 Å². The highest BCUT2D eigenvalue weighted by atomic mass is 32.2. The molecule has 17 heavy (non-hydrogen) atoms. The summed E-state index contributed by atoms with van der Waals surface area (Å²) in [7, 11) is 1.35. The van der Waals surface area contributed by atoms with Gasteiger partial charge in [0.1, 0.15) is 11.6 Å². The average molecular weight is 255 g/mol. The van der Waals surface area contributed by atoms with Gasteiger partial charge < -0.3 is 15.0 Å². The van der Waals surface area contributed by atoms with Crippen LogP contribution in [-0.4, -0.2) is 34.1 Å². The van der Waals surface area contributed by atoms with Crippen molar-refractivity contribution < 1.29 is 9.53 Å². The van der Waals surface area contributed by atoms with Gasteiger partial charge >= 0.3 is 5.97 Å². The minimum absolute atomic E-state index is 0.251. The lowest BCUT2D eigenvalue weighted by molar-refractivity contribution is 0.0595. The smallest absolute Gasteiger partial charge is 0.360 e. The summed E-state index contributed by atoms with van der Waals surface area (Å²) in [6.45, 7) is 2.02. The van der Waals surface area contributed by atoms with Crippen molar-refractivity contribution in [2.45, 2.75) is 25.8 Å². The van der Waals surface area contributed by atoms with Gasteiger partial charge in [0.05, 0.1) is 7.11 Å². The largest absolute Gasteiger partial charge is 0.464 e. The summed E-state index contributed by atoms with van der Waals surface area (Å²) in [6.07, 6.45) is 1.85. The first kappa shape index (κ1) is 12.3. The van der Waals surface area contributed by atoms with Crippen LogP contribution in [0.4, 0.5) is 5.82 Å². The second-order valence-corrected chi connectivity index (χ2v) is 5.14. The lowest BCUT2D eigenvalue weighted by atomic mass is 10.2. The molecule has 0 aliphatic carbocycles. The molecule has 1 aliphatic rings. The van der Waals surface area contributed by atoms with Gasteiger partial charge in [0.15, 0.2) is 5.69 Å². The molecule has 0 aromatic carbocycles. The molecule has 94 valence electrons. The Hall–Kier alpha value is -1.17. The van der Waals surface area contributed by atoms with Crippen LogP contribution in [0.3, 0.4) is 0 Å². The molecular formula is C11H17N3O2S. The van der Waals surface area contributed by atoms with E-state index in [4.69, 9.17) is 10.5 Å². The van der Waals surface area contributed by atoms with E-state index in [2.05, 4.69) is 4.98 Å². The minimum atomic E-state index is -0.457. The molecule has 0 amide bonds. The highest BCUT2D eigenvalue weighted by Crippen LogP contribution is 2.32. The predicted molar refractivity (Wildman–Crippen MR) is 68.3 cm³/mol. The Morgan fingerprint density at radius 3 is 3.00 bits per heavy atom. The first-order valence-corrected chi connectivity index (χ1v) is 6.87. The third-order valence-electron chi connectivity index (χ3n) is 2.99. The monoisotopic (exact) mass is 255 g/mol. The van der Waals surface area contributed by atoms with Crippen molar-refractivity contribution in [3.63, 3.8) is 0 Å². The van der Waals surface area contributed by atoms with Crippen LogP contribution in [0.5, 0.6) is 0 Å². The Labute approximate surface area is 105 Å². The van der Waals surface area contributed by atoms with Crippen LogP contribution in [0.2, 0.25) is 0 Å². The van der Waals surface area contributed by atoms with Gasteiger partial charge in [-0.15, -0.1) is 0 Å². The first-order chi connectivity index (χ1) is 8.19. The van der Waals surface area contributed by atoms with E-state index >= 15 is 0 Å². The molecule has 2 rings (SSSR count). The van der Waals surface area contributed by atoms with Gasteiger partial charge in [-0.1, -0.05) is 6.92 Å². The van der Waals surface area contributed by atoms with E-state index in [0.717, 1.165) is 30.2 Å². The standard InChI is InChI=1S/C11H17N3O2S/c1-3-8-13-9(11(15)16-2)10(12)14(8)7-4-5-17-6-7/h7H,3-6,12H2,1-2H3. The summed E-state index contributed by atoms with van der Waals surface area (Å²) in [5.41, 5.74) is 6.28. The van der Waals surface area contributed by atoms with Crippen LogP contribution < -0.4 is 5.73 Å². The summed E-state index contributed by atoms with van der Waals surface area (Å²) >= 11 is 1.91. The number of aromatic nitrogens is 2. The quantitative estimate of drug-likeness (QED) is 0.829. The Kier molecular flexibility index (Phi) is 3.61. The molecule has 0 saturated carbocycles. The molecule has 0 bridgehead atoms. The van der Waals surface area contributed by atoms with Crippen molar-refractivity contribution in [1.29, 1.82) is 0 Å². The van der Waals surface area contributed by atoms with Gasteiger partial charge in [-0.3, -0.25) is 0 Å². The Morgan fingerprint density at radius 2 is 2.47 bits per heavy atom. The van der Waals surface area contributed by atoms with Gasteiger partial charge in [0, 0.05) is 18.2 Å². The molecule has 1 fully saturated rings. The van der Waals surface area contributed by atoms with Gasteiger partial charge in [-0.05, 0) is 12.2 Å². The number of hydrogen-bond acceptors (Lipinski definition) is 5. The van der Waals surface area contributed by atoms with Crippen LogP contribution in [0.25, 0.3) is 0 Å². The van der Waals surface area contributed by atoms with E-state index in [1.54, 1.807) is 0 Å². The molecule has 2 N–H and O–H groups in total. The number of carbonyl (C=O) groups is 1. The first-order valence-electron chi connectivity index (χ1n) is 5.71. The van der Waals surface area contributed by atoms with E-state index in [1.807, 2.05) is 23.3 Å². The summed E-state index contributed by atoms with van der Waals surface area (Å²) in [5.74, 6) is 3.03. The maximum atomic E-state index is 11.5. The van der Waals surface area contributed by atoms with E-state index < -0.39 is 5.97 Å². The number of esters is 1. The van der Waals surface area contributed by atoms with Gasteiger partial charge in [-0.2, -0.15) is 11.8 Å². The van der Waals surface area contributed by atoms with Gasteiger partial charge in [0.2, 0.25) is 0 Å². The van der Waals surface area contributed by atoms with E-state index in [0.29, 0.717) is 11.9 Å². The second kappa shape index (κ2) is 5.00. The van der Waals surface area contributed by atoms with Crippen LogP contribution in [-0.2, 0) is 11.2 Å². The fourth-order valence-corrected chi connectivity index (χ4v) is 3.32. The fraction of sp³-hybridized carbons (Fsp3) is 0.636. The molecule has 1 unspecified atom stereocenters. The van der Waals surface area contributed by atoms with Crippen LogP contribution in [0.1, 0.15) is 35.7 Å². The normalized spacial score (nSPS) is 19.5. The molecule has 1 aromatic heterocycles. The maximum absolute atomic E-state index is 11.5. The molecule has 1 aromatic rings. The number of rotatable bonds is 3. The highest BCUT2D eigenvalue weighted by Gasteiger charge is 2.26. The van der Waals surface area contributed by atoms with E-state index in [-0.39, 0.29) is 5.69 Å². The number of imidazole rings is 1. The molecule has 1 aliphatic heterocycles. The van der Waals surface area contributed by atoms with Crippen molar-refractivity contribution in [3.05, 3.63) is 11.5 Å². The number of aryl methyl sites for hydroxylation is 1. The summed E-state index contributed by atoms with van der Waals surface area (Å²) in [6, 6.07) is 0.362. The minimum Gasteiger partial charge on any atom is -0.464 e. The third kappa shape index (κ3) is 2.13. The van der Waals surface area contributed by atoms with E-state index in [9.17, 15) is 4.79 Å². The zero-order chi connectivity index (χ0) is 12.4. The van der Waals surface area contributed by atoms with Gasteiger partial charge in [0.25, 0.3) is 0 Å². The highest BCUT2D eigenvalue weighted by molar-refractivity contribution is 7.99. The number of anilines is 1. The van der Waals surface area contributed by atoms with Crippen molar-refractivity contribution in [2.24, 2.45) is 0 Å². The summed E-state index contributed by atoms with van der Waals surface area (Å²) in [4.78, 5) is 15.8. The molecule has 5 nitrogen and oxygen atoms in total. The Balaban J connectivity index is 2.42. The fourth-order valence-electron chi connectivity index (χ4n) is 2.12. The predicted octanol–water partition coefficient (Wildman–Crippen LogP) is 1.49. The van der Waals surface area contributed by atoms with Crippen molar-refractivity contribution >= 4 is 23.5 Å². The molecule has 2 heterocycles. The number of ether oxygens (including phenoxy) is 1. The third-order valence-corrected chi connectivity index (χ3v) is 4.13. The molecule has 6 heteroatoms. The number of nitrogen functional groups attached to an aromatic ring is 1. The topological polar surface area (TPSA) is 70.1 Å². The molecule has 0 spiro atoms. The number of nitrogens with zero attached hydrogens (tertiary/aromatic N) is 2. The SMILES string of the molecule is CCc1nc(C(=O)OC)c(N)n1C1CCSC1. The van der Waals surface area contributed by atoms with Crippen molar-refractivity contribution in [2.75, 3.05) is 24.3 Å². The lowest BCUT2D eigenvalue weighted by Gasteiger charge is -2.15. The Morgan fingerprint density at radius 1 is 1.71 bits per heavy atom. The number of thioether (sulfide) groups is 1. The Bertz CT molecular complexity index is 425. The van der Waals surface area contributed by atoms with Crippen LogP contribution in [0.15, 0.2) is 0 Å². The number of hydrogen-bond donors (Lipinski definition) is 1. The van der Waals surface area contributed by atoms with E-state index in [1.165, 1.54) is 7.11 Å². The molecular weight excluding hydrogens is 238 g/mol. The summed E-state index contributed by atoms with van der Waals surface area (Å²) in [5, 5.41) is 0. The maximum Gasteiger partial charge on any atom is 0.360 e. The lowest BCUT2D eigenvalue weighted by Crippen LogP contribution is -2.14. The van der Waals surface area contributed by atoms with Crippen LogP contribution in [0, 0.1) is 0 Å². The molecule has 1 atom stereocenters. The molecule has 0 radical (unpaired) electrons.